The highest BCUT2D eigenvalue weighted by atomic mass is 16.3. The molecule has 0 aromatic heterocycles. The van der Waals surface area contributed by atoms with Crippen molar-refractivity contribution in [2.75, 3.05) is 32.7 Å². The van der Waals surface area contributed by atoms with E-state index in [2.05, 4.69) is 9.80 Å². The maximum Gasteiger partial charge on any atom is 0.0583 e. The fourth-order valence-corrected chi connectivity index (χ4v) is 4.87. The molecule has 2 heterocycles. The molecule has 2 saturated heterocycles. The molecule has 3 fully saturated rings. The van der Waals surface area contributed by atoms with Crippen LogP contribution in [-0.4, -0.2) is 59.8 Å². The van der Waals surface area contributed by atoms with Crippen LogP contribution in [0.1, 0.15) is 64.2 Å². The first-order valence-corrected chi connectivity index (χ1v) is 9.49. The summed E-state index contributed by atoms with van der Waals surface area (Å²) >= 11 is 0. The molecular weight excluding hydrogens is 260 g/mol. The number of nitrogens with zero attached hydrogens (tertiary/aromatic N) is 2. The van der Waals surface area contributed by atoms with Gasteiger partial charge in [-0.05, 0) is 77.7 Å². The van der Waals surface area contributed by atoms with Crippen LogP contribution in [0.25, 0.3) is 0 Å². The summed E-state index contributed by atoms with van der Waals surface area (Å²) in [6, 6.07) is 0.674. The minimum absolute atomic E-state index is 0.0251. The van der Waals surface area contributed by atoms with Gasteiger partial charge in [-0.1, -0.05) is 19.3 Å². The monoisotopic (exact) mass is 294 g/mol. The molecule has 0 amide bonds. The second kappa shape index (κ2) is 7.94. The maximum absolute atomic E-state index is 10.4. The van der Waals surface area contributed by atoms with Gasteiger partial charge in [0.05, 0.1) is 6.10 Å². The third kappa shape index (κ3) is 4.20. The molecule has 0 aromatic rings. The van der Waals surface area contributed by atoms with Crippen molar-refractivity contribution in [3.63, 3.8) is 0 Å². The van der Waals surface area contributed by atoms with Gasteiger partial charge in [-0.3, -0.25) is 4.90 Å². The number of hydrogen-bond donors (Lipinski definition) is 1. The van der Waals surface area contributed by atoms with Crippen molar-refractivity contribution in [3.8, 4) is 0 Å². The number of rotatable bonds is 5. The minimum Gasteiger partial charge on any atom is -0.393 e. The van der Waals surface area contributed by atoms with Crippen molar-refractivity contribution >= 4 is 0 Å². The molecule has 122 valence electrons. The predicted octanol–water partition coefficient (Wildman–Crippen LogP) is 2.88. The van der Waals surface area contributed by atoms with Crippen molar-refractivity contribution in [1.29, 1.82) is 0 Å². The second-order valence-corrected chi connectivity index (χ2v) is 7.52. The Kier molecular flexibility index (Phi) is 5.96. The van der Waals surface area contributed by atoms with Crippen LogP contribution in [-0.2, 0) is 0 Å². The maximum atomic E-state index is 10.4. The van der Waals surface area contributed by atoms with E-state index in [1.165, 1.54) is 90.5 Å². The van der Waals surface area contributed by atoms with Crippen molar-refractivity contribution < 1.29 is 5.11 Å². The van der Waals surface area contributed by atoms with E-state index in [1.807, 2.05) is 0 Å². The minimum atomic E-state index is -0.0251. The van der Waals surface area contributed by atoms with Gasteiger partial charge in [-0.2, -0.15) is 0 Å². The Balaban J connectivity index is 1.48. The summed E-state index contributed by atoms with van der Waals surface area (Å²) < 4.78 is 0. The SMILES string of the molecule is OC1CCCCC1C1CCCCN1CCCN1CCCC1. The molecule has 0 radical (unpaired) electrons. The fraction of sp³-hybridized carbons (Fsp3) is 1.00. The van der Waals surface area contributed by atoms with Gasteiger partial charge >= 0.3 is 0 Å². The molecule has 1 N–H and O–H groups in total. The Morgan fingerprint density at radius 3 is 2.29 bits per heavy atom. The Morgan fingerprint density at radius 2 is 1.48 bits per heavy atom. The smallest absolute Gasteiger partial charge is 0.0583 e. The van der Waals surface area contributed by atoms with Crippen LogP contribution in [0.3, 0.4) is 0 Å². The summed E-state index contributed by atoms with van der Waals surface area (Å²) in [6.45, 7) is 6.46. The number of piperidine rings is 1. The average molecular weight is 294 g/mol. The summed E-state index contributed by atoms with van der Waals surface area (Å²) in [7, 11) is 0. The van der Waals surface area contributed by atoms with E-state index in [0.717, 1.165) is 6.42 Å². The molecule has 3 rings (SSSR count). The quantitative estimate of drug-likeness (QED) is 0.844. The van der Waals surface area contributed by atoms with Crippen LogP contribution in [0, 0.1) is 5.92 Å². The lowest BCUT2D eigenvalue weighted by Gasteiger charge is -2.44. The molecule has 21 heavy (non-hydrogen) atoms. The van der Waals surface area contributed by atoms with Gasteiger partial charge in [0, 0.05) is 12.0 Å². The summed E-state index contributed by atoms with van der Waals surface area (Å²) in [5.74, 6) is 0.561. The molecule has 3 atom stereocenters. The van der Waals surface area contributed by atoms with E-state index >= 15 is 0 Å². The lowest BCUT2D eigenvalue weighted by molar-refractivity contribution is -0.00641. The van der Waals surface area contributed by atoms with Crippen molar-refractivity contribution in [3.05, 3.63) is 0 Å². The highest BCUT2D eigenvalue weighted by Crippen LogP contribution is 2.34. The second-order valence-electron chi connectivity index (χ2n) is 7.52. The van der Waals surface area contributed by atoms with Crippen LogP contribution < -0.4 is 0 Å². The number of aliphatic hydroxyl groups excluding tert-OH is 1. The largest absolute Gasteiger partial charge is 0.393 e. The van der Waals surface area contributed by atoms with E-state index in [-0.39, 0.29) is 6.10 Å². The molecule has 1 saturated carbocycles. The van der Waals surface area contributed by atoms with Crippen molar-refractivity contribution in [1.82, 2.24) is 9.80 Å². The first kappa shape index (κ1) is 15.8. The number of likely N-dealkylation sites (tertiary alicyclic amines) is 2. The molecule has 3 unspecified atom stereocenters. The van der Waals surface area contributed by atoms with E-state index in [9.17, 15) is 5.11 Å². The van der Waals surface area contributed by atoms with Crippen molar-refractivity contribution in [2.24, 2.45) is 5.92 Å². The third-order valence-corrected chi connectivity index (χ3v) is 6.06. The topological polar surface area (TPSA) is 26.7 Å². The molecule has 3 heteroatoms. The van der Waals surface area contributed by atoms with Crippen LogP contribution in [0.15, 0.2) is 0 Å². The van der Waals surface area contributed by atoms with Gasteiger partial charge in [0.15, 0.2) is 0 Å². The average Bonchev–Trinajstić information content (AvgIpc) is 3.02. The Morgan fingerprint density at radius 1 is 0.762 bits per heavy atom. The molecule has 0 bridgehead atoms. The van der Waals surface area contributed by atoms with Crippen molar-refractivity contribution in [2.45, 2.75) is 76.4 Å². The number of hydrogen-bond acceptors (Lipinski definition) is 3. The highest BCUT2D eigenvalue weighted by molar-refractivity contribution is 4.89. The summed E-state index contributed by atoms with van der Waals surface area (Å²) in [4.78, 5) is 5.37. The molecule has 3 nitrogen and oxygen atoms in total. The zero-order valence-electron chi connectivity index (χ0n) is 13.7. The van der Waals surface area contributed by atoms with Gasteiger partial charge in [0.2, 0.25) is 0 Å². The summed E-state index contributed by atoms with van der Waals surface area (Å²) in [5, 5.41) is 10.4. The van der Waals surface area contributed by atoms with E-state index in [1.54, 1.807) is 0 Å². The van der Waals surface area contributed by atoms with Gasteiger partial charge in [-0.15, -0.1) is 0 Å². The van der Waals surface area contributed by atoms with Gasteiger partial charge in [-0.25, -0.2) is 0 Å². The fourth-order valence-electron chi connectivity index (χ4n) is 4.87. The zero-order valence-corrected chi connectivity index (χ0v) is 13.7. The van der Waals surface area contributed by atoms with Crippen LogP contribution in [0.2, 0.25) is 0 Å². The predicted molar refractivity (Wildman–Crippen MR) is 87.5 cm³/mol. The molecular formula is C18H34N2O. The van der Waals surface area contributed by atoms with Crippen LogP contribution in [0.5, 0.6) is 0 Å². The molecule has 0 aromatic carbocycles. The standard InChI is InChI=1S/C18H34N2O/c21-18-10-2-1-8-16(18)17-9-3-4-14-20(17)15-7-13-19-11-5-6-12-19/h16-18,21H,1-15H2. The number of aliphatic hydroxyl groups is 1. The Bertz CT molecular complexity index is 304. The third-order valence-electron chi connectivity index (χ3n) is 6.06. The van der Waals surface area contributed by atoms with Gasteiger partial charge in [0.1, 0.15) is 0 Å². The molecule has 3 aliphatic rings. The lowest BCUT2D eigenvalue weighted by Crippen LogP contribution is -2.49. The van der Waals surface area contributed by atoms with Gasteiger partial charge < -0.3 is 10.0 Å². The first-order chi connectivity index (χ1) is 10.3. The first-order valence-electron chi connectivity index (χ1n) is 9.49. The summed E-state index contributed by atoms with van der Waals surface area (Å²) in [5.41, 5.74) is 0. The summed E-state index contributed by atoms with van der Waals surface area (Å²) in [6.07, 6.45) is 13.0. The van der Waals surface area contributed by atoms with Crippen LogP contribution >= 0.6 is 0 Å². The Hall–Kier alpha value is -0.120. The van der Waals surface area contributed by atoms with Gasteiger partial charge in [0.25, 0.3) is 0 Å². The normalized spacial score (nSPS) is 36.1. The highest BCUT2D eigenvalue weighted by Gasteiger charge is 2.35. The van der Waals surface area contributed by atoms with E-state index in [4.69, 9.17) is 0 Å². The molecule has 1 aliphatic carbocycles. The molecule has 0 spiro atoms. The van der Waals surface area contributed by atoms with Crippen LogP contribution in [0.4, 0.5) is 0 Å². The van der Waals surface area contributed by atoms with E-state index in [0.29, 0.717) is 12.0 Å². The Labute approximate surface area is 130 Å². The van der Waals surface area contributed by atoms with E-state index < -0.39 is 0 Å². The molecule has 2 aliphatic heterocycles. The lowest BCUT2D eigenvalue weighted by atomic mass is 9.78. The zero-order chi connectivity index (χ0) is 14.5.